The molecular formula is C8H20Al2BrI. The molecule has 0 aliphatic heterocycles. The molecule has 0 saturated heterocycles. The van der Waals surface area contributed by atoms with Crippen LogP contribution in [-0.2, 0) is 0 Å². The number of rotatable bonds is 4. The van der Waals surface area contributed by atoms with Crippen LogP contribution in [0.15, 0.2) is 0 Å². The smallest absolute Gasteiger partial charge is 1.00 e. The largest absolute Gasteiger partial charge is 1.00 e. The minimum atomic E-state index is 0. The van der Waals surface area contributed by atoms with Crippen molar-refractivity contribution in [1.82, 2.24) is 0 Å². The summed E-state index contributed by atoms with van der Waals surface area (Å²) in [7, 11) is 0. The minimum absolute atomic E-state index is 0. The summed E-state index contributed by atoms with van der Waals surface area (Å²) in [5.41, 5.74) is 0. The van der Waals surface area contributed by atoms with Crippen LogP contribution in [0.5, 0.6) is 0 Å². The molecular weight excluding hydrogens is 357 g/mol. The first-order valence-corrected chi connectivity index (χ1v) is 7.73. The van der Waals surface area contributed by atoms with Crippen molar-refractivity contribution in [2.75, 3.05) is 0 Å². The fourth-order valence-electron chi connectivity index (χ4n) is 0.577. The molecule has 0 atom stereocenters. The Labute approximate surface area is 119 Å². The van der Waals surface area contributed by atoms with Gasteiger partial charge in [-0.1, -0.05) is 0 Å². The molecule has 0 aromatic rings. The quantitative estimate of drug-likeness (QED) is 0.366. The van der Waals surface area contributed by atoms with Gasteiger partial charge in [0.05, 0.1) is 0 Å². The molecule has 0 aromatic heterocycles. The molecule has 0 unspecified atom stereocenters. The van der Waals surface area contributed by atoms with Gasteiger partial charge in [0, 0.05) is 0 Å². The van der Waals surface area contributed by atoms with Gasteiger partial charge in [0.2, 0.25) is 0 Å². The van der Waals surface area contributed by atoms with Crippen molar-refractivity contribution in [3.05, 3.63) is 0 Å². The predicted molar refractivity (Wildman–Crippen MR) is 53.4 cm³/mol. The topological polar surface area (TPSA) is 0 Å². The third-order valence-corrected chi connectivity index (χ3v) is 3.46. The van der Waals surface area contributed by atoms with Crippen LogP contribution in [0.2, 0.25) is 21.1 Å². The standard InChI is InChI=1S/4C2H5.2Al.BrH.HI/c4*1-2;;;;/h4*1H2,2H3;;;2*1H/q;;;;2*+1;;/p-2. The summed E-state index contributed by atoms with van der Waals surface area (Å²) < 4.78 is 0. The third kappa shape index (κ3) is 39.6. The molecule has 0 aliphatic carbocycles. The second-order valence-corrected chi connectivity index (χ2v) is 6.63. The fourth-order valence-corrected chi connectivity index (χ4v) is 1.73. The molecule has 0 radical (unpaired) electrons. The van der Waals surface area contributed by atoms with E-state index in [-0.39, 0.29) is 41.0 Å². The van der Waals surface area contributed by atoms with Crippen molar-refractivity contribution >= 4 is 30.4 Å². The number of halogens is 2. The summed E-state index contributed by atoms with van der Waals surface area (Å²) in [4.78, 5) is 0. The Bertz CT molecular complexity index is 38.0. The zero-order valence-electron chi connectivity index (χ0n) is 8.74. The van der Waals surface area contributed by atoms with Gasteiger partial charge >= 0.3 is 79.3 Å². The zero-order chi connectivity index (χ0) is 8.24. The summed E-state index contributed by atoms with van der Waals surface area (Å²) >= 11 is 1.63. The van der Waals surface area contributed by atoms with Gasteiger partial charge < -0.3 is 41.0 Å². The van der Waals surface area contributed by atoms with Crippen molar-refractivity contribution in [3.8, 4) is 0 Å². The molecule has 0 spiro atoms. The van der Waals surface area contributed by atoms with Crippen molar-refractivity contribution in [1.29, 1.82) is 0 Å². The Morgan fingerprint density at radius 1 is 0.667 bits per heavy atom. The van der Waals surface area contributed by atoms with Gasteiger partial charge in [-0.05, 0) is 0 Å². The number of hydrogen-bond acceptors (Lipinski definition) is 0. The first-order chi connectivity index (χ1) is 4.83. The van der Waals surface area contributed by atoms with Crippen LogP contribution in [0, 0.1) is 0 Å². The molecule has 0 saturated carbocycles. The van der Waals surface area contributed by atoms with Crippen molar-refractivity contribution in [2.24, 2.45) is 0 Å². The fraction of sp³-hybridized carbons (Fsp3) is 1.00. The van der Waals surface area contributed by atoms with Gasteiger partial charge in [-0.25, -0.2) is 0 Å². The minimum Gasteiger partial charge on any atom is -1.00 e. The monoisotopic (exact) mass is 376 g/mol. The molecule has 0 amide bonds. The average Bonchev–Trinajstić information content (AvgIpc) is 1.93. The van der Waals surface area contributed by atoms with Crippen molar-refractivity contribution in [3.63, 3.8) is 0 Å². The third-order valence-electron chi connectivity index (χ3n) is 1.15. The maximum absolute atomic E-state index is 2.25. The van der Waals surface area contributed by atoms with Crippen molar-refractivity contribution in [2.45, 2.75) is 48.8 Å². The van der Waals surface area contributed by atoms with E-state index in [1.165, 1.54) is 21.1 Å². The molecule has 4 heteroatoms. The Kier molecular flexibility index (Phi) is 58.0. The van der Waals surface area contributed by atoms with Crippen LogP contribution in [0.3, 0.4) is 0 Å². The molecule has 0 fully saturated rings. The SMILES string of the molecule is C[CH2][Al+][CH2]C.C[CH2][Al+][CH2]C.[Br-].[I-]. The molecule has 0 aromatic carbocycles. The molecule has 72 valence electrons. The molecule has 0 nitrogen and oxygen atoms in total. The van der Waals surface area contributed by atoms with E-state index in [1.54, 1.807) is 0 Å². The Morgan fingerprint density at radius 2 is 0.833 bits per heavy atom. The van der Waals surface area contributed by atoms with Gasteiger partial charge in [-0.15, -0.1) is 0 Å². The van der Waals surface area contributed by atoms with E-state index in [0.717, 1.165) is 30.4 Å². The van der Waals surface area contributed by atoms with E-state index in [0.29, 0.717) is 0 Å². The van der Waals surface area contributed by atoms with Gasteiger partial charge in [0.25, 0.3) is 0 Å². The Balaban J connectivity index is -0.0000000457. The molecule has 12 heavy (non-hydrogen) atoms. The normalized spacial score (nSPS) is 5.67. The second-order valence-electron chi connectivity index (χ2n) is 2.21. The van der Waals surface area contributed by atoms with Crippen LogP contribution in [-0.4, -0.2) is 30.4 Å². The summed E-state index contributed by atoms with van der Waals surface area (Å²) in [6.07, 6.45) is 0. The summed E-state index contributed by atoms with van der Waals surface area (Å²) in [6.45, 7) is 9.00. The predicted octanol–water partition coefficient (Wildman–Crippen LogP) is -2.86. The first-order valence-electron chi connectivity index (χ1n) is 4.46. The van der Waals surface area contributed by atoms with E-state index in [9.17, 15) is 0 Å². The van der Waals surface area contributed by atoms with E-state index in [4.69, 9.17) is 0 Å². The van der Waals surface area contributed by atoms with Gasteiger partial charge in [-0.3, -0.25) is 0 Å². The van der Waals surface area contributed by atoms with E-state index in [1.807, 2.05) is 0 Å². The maximum Gasteiger partial charge on any atom is -1.00 e. The zero-order valence-corrected chi connectivity index (χ0v) is 14.8. The Morgan fingerprint density at radius 3 is 0.833 bits per heavy atom. The molecule has 0 heterocycles. The molecule has 0 bridgehead atoms. The number of hydrogen-bond donors (Lipinski definition) is 0. The van der Waals surface area contributed by atoms with Gasteiger partial charge in [0.15, 0.2) is 0 Å². The molecule has 0 aliphatic rings. The first kappa shape index (κ1) is 23.8. The van der Waals surface area contributed by atoms with Crippen LogP contribution in [0.1, 0.15) is 27.7 Å². The maximum atomic E-state index is 2.25. The summed E-state index contributed by atoms with van der Waals surface area (Å²) in [5, 5.41) is 5.71. The average molecular weight is 377 g/mol. The summed E-state index contributed by atoms with van der Waals surface area (Å²) in [6, 6.07) is 0. The van der Waals surface area contributed by atoms with Crippen molar-refractivity contribution < 1.29 is 41.0 Å². The molecule has 0 rings (SSSR count). The van der Waals surface area contributed by atoms with E-state index in [2.05, 4.69) is 27.7 Å². The van der Waals surface area contributed by atoms with Crippen LogP contribution < -0.4 is 41.0 Å². The van der Waals surface area contributed by atoms with Gasteiger partial charge in [0.1, 0.15) is 0 Å². The van der Waals surface area contributed by atoms with E-state index >= 15 is 0 Å². The Hall–Kier alpha value is 2.27. The summed E-state index contributed by atoms with van der Waals surface area (Å²) in [5.74, 6) is 0. The van der Waals surface area contributed by atoms with Crippen LogP contribution >= 0.6 is 0 Å². The van der Waals surface area contributed by atoms with Gasteiger partial charge in [-0.2, -0.15) is 0 Å². The molecule has 0 N–H and O–H groups in total. The van der Waals surface area contributed by atoms with Crippen LogP contribution in [0.25, 0.3) is 0 Å². The second kappa shape index (κ2) is 29.2. The van der Waals surface area contributed by atoms with E-state index < -0.39 is 0 Å². The van der Waals surface area contributed by atoms with Crippen LogP contribution in [0.4, 0.5) is 0 Å².